The molecule has 4 nitrogen and oxygen atoms in total. The van der Waals surface area contributed by atoms with Gasteiger partial charge < -0.3 is 4.42 Å². The number of nitrogens with zero attached hydrogens (tertiary/aromatic N) is 3. The van der Waals surface area contributed by atoms with E-state index < -0.39 is 0 Å². The maximum atomic E-state index is 6.70. The van der Waals surface area contributed by atoms with Crippen LogP contribution in [0.4, 0.5) is 0 Å². The van der Waals surface area contributed by atoms with Crippen molar-refractivity contribution in [2.45, 2.75) is 0 Å². The Morgan fingerprint density at radius 2 is 0.852 bits per heavy atom. The fraction of sp³-hybridized carbons (Fsp3) is 0. The molecule has 9 aromatic carbocycles. The molecule has 284 valence electrons. The molecule has 0 aliphatic heterocycles. The van der Waals surface area contributed by atoms with E-state index in [9.17, 15) is 0 Å². The third kappa shape index (κ3) is 6.04. The van der Waals surface area contributed by atoms with Crippen molar-refractivity contribution in [2.75, 3.05) is 0 Å². The first-order valence-electron chi connectivity index (χ1n) is 20.6. The molecule has 12 rings (SSSR count). The summed E-state index contributed by atoms with van der Waals surface area (Å²) >= 11 is 0. The minimum Gasteiger partial charge on any atom is -0.454 e. The highest BCUT2D eigenvalue weighted by Gasteiger charge is 2.21. The summed E-state index contributed by atoms with van der Waals surface area (Å²) in [7, 11) is 0. The second-order valence-corrected chi connectivity index (χ2v) is 15.5. The van der Waals surface area contributed by atoms with Crippen molar-refractivity contribution in [1.82, 2.24) is 15.0 Å². The Morgan fingerprint density at radius 3 is 1.56 bits per heavy atom. The number of rotatable bonds is 6. The van der Waals surface area contributed by atoms with Gasteiger partial charge in [0.1, 0.15) is 11.3 Å². The Morgan fingerprint density at radius 1 is 0.328 bits per heavy atom. The third-order valence-corrected chi connectivity index (χ3v) is 11.9. The monoisotopic (exact) mass is 777 g/mol. The lowest BCUT2D eigenvalue weighted by Gasteiger charge is -2.13. The molecule has 0 unspecified atom stereocenters. The molecule has 0 aliphatic carbocycles. The molecule has 4 heteroatoms. The van der Waals surface area contributed by atoms with Crippen LogP contribution in [-0.4, -0.2) is 15.0 Å². The van der Waals surface area contributed by atoms with E-state index in [1.54, 1.807) is 0 Å². The van der Waals surface area contributed by atoms with Crippen molar-refractivity contribution in [2.24, 2.45) is 0 Å². The van der Waals surface area contributed by atoms with Crippen LogP contribution in [0.1, 0.15) is 0 Å². The highest BCUT2D eigenvalue weighted by molar-refractivity contribution is 6.23. The second kappa shape index (κ2) is 14.3. The Bertz CT molecular complexity index is 3610. The molecule has 0 saturated carbocycles. The molecule has 0 bridgehead atoms. The maximum Gasteiger partial charge on any atom is 0.162 e. The average Bonchev–Trinajstić information content (AvgIpc) is 3.74. The average molecular weight is 778 g/mol. The van der Waals surface area contributed by atoms with Crippen LogP contribution in [0.3, 0.4) is 0 Å². The molecule has 0 spiro atoms. The fourth-order valence-corrected chi connectivity index (χ4v) is 8.86. The number of benzene rings is 9. The van der Waals surface area contributed by atoms with Crippen LogP contribution in [0.5, 0.6) is 0 Å². The van der Waals surface area contributed by atoms with Gasteiger partial charge in [0.2, 0.25) is 0 Å². The molecular formula is C57H35N3O. The molecule has 3 aromatic heterocycles. The van der Waals surface area contributed by atoms with Crippen LogP contribution < -0.4 is 0 Å². The zero-order chi connectivity index (χ0) is 40.3. The van der Waals surface area contributed by atoms with Gasteiger partial charge in [-0.3, -0.25) is 0 Å². The van der Waals surface area contributed by atoms with Gasteiger partial charge in [-0.25, -0.2) is 15.0 Å². The highest BCUT2D eigenvalue weighted by Crippen LogP contribution is 2.43. The summed E-state index contributed by atoms with van der Waals surface area (Å²) in [5.74, 6) is 0.693. The van der Waals surface area contributed by atoms with Gasteiger partial charge in [0, 0.05) is 38.4 Å². The molecule has 0 N–H and O–H groups in total. The first kappa shape index (κ1) is 34.8. The van der Waals surface area contributed by atoms with Crippen molar-refractivity contribution in [1.29, 1.82) is 0 Å². The van der Waals surface area contributed by atoms with E-state index in [1.165, 1.54) is 27.3 Å². The van der Waals surface area contributed by atoms with Gasteiger partial charge in [-0.05, 0) is 68.1 Å². The van der Waals surface area contributed by atoms with E-state index in [1.807, 2.05) is 36.4 Å². The number of furan rings is 1. The molecule has 0 saturated heterocycles. The number of fused-ring (bicyclic) bond motifs is 8. The van der Waals surface area contributed by atoms with Crippen molar-refractivity contribution in [3.05, 3.63) is 212 Å². The first-order valence-corrected chi connectivity index (χ1v) is 20.6. The normalized spacial score (nSPS) is 11.6. The number of hydrogen-bond acceptors (Lipinski definition) is 4. The topological polar surface area (TPSA) is 51.8 Å². The summed E-state index contributed by atoms with van der Waals surface area (Å²) in [6.07, 6.45) is 0. The molecule has 0 amide bonds. The Hall–Kier alpha value is -8.21. The van der Waals surface area contributed by atoms with Crippen LogP contribution in [-0.2, 0) is 0 Å². The van der Waals surface area contributed by atoms with Gasteiger partial charge in [-0.2, -0.15) is 0 Å². The van der Waals surface area contributed by atoms with Gasteiger partial charge in [-0.15, -0.1) is 0 Å². The lowest BCUT2D eigenvalue weighted by molar-refractivity contribution is 0.669. The molecule has 0 atom stereocenters. The number of para-hydroxylation sites is 1. The third-order valence-electron chi connectivity index (χ3n) is 11.9. The summed E-state index contributed by atoms with van der Waals surface area (Å²) < 4.78 is 6.70. The number of pyridine rings is 1. The molecule has 0 aliphatic rings. The summed E-state index contributed by atoms with van der Waals surface area (Å²) in [5.41, 5.74) is 13.8. The number of hydrogen-bond donors (Lipinski definition) is 0. The standard InChI is InChI=1S/C57H35N3O/c1-3-13-36(14-4-1)37-23-27-39(28-24-37)50-35-51(60-57(59-50)41-15-5-2-6-16-41)40-29-25-38(26-30-40)42-31-32-47-52(34-42)58-55(56-54(47)48-21-11-12-22-53(48)61-56)49-33-43-17-7-8-18-44(43)45-19-9-10-20-46(45)49/h1-35H. The summed E-state index contributed by atoms with van der Waals surface area (Å²) in [4.78, 5) is 15.6. The zero-order valence-corrected chi connectivity index (χ0v) is 33.0. The first-order chi connectivity index (χ1) is 30.2. The predicted molar refractivity (Wildman–Crippen MR) is 252 cm³/mol. The lowest BCUT2D eigenvalue weighted by Crippen LogP contribution is -1.96. The van der Waals surface area contributed by atoms with E-state index in [0.717, 1.165) is 88.7 Å². The summed E-state index contributed by atoms with van der Waals surface area (Å²) in [6, 6.07) is 74.4. The highest BCUT2D eigenvalue weighted by atomic mass is 16.3. The van der Waals surface area contributed by atoms with Gasteiger partial charge in [0.05, 0.1) is 16.9 Å². The molecule has 0 radical (unpaired) electrons. The van der Waals surface area contributed by atoms with Gasteiger partial charge in [-0.1, -0.05) is 188 Å². The molecule has 61 heavy (non-hydrogen) atoms. The van der Waals surface area contributed by atoms with Crippen LogP contribution in [0.15, 0.2) is 217 Å². The molecule has 12 aromatic rings. The minimum absolute atomic E-state index is 0.693. The second-order valence-electron chi connectivity index (χ2n) is 15.5. The van der Waals surface area contributed by atoms with Crippen molar-refractivity contribution >= 4 is 54.4 Å². The van der Waals surface area contributed by atoms with Crippen molar-refractivity contribution < 1.29 is 4.42 Å². The Kier molecular flexibility index (Phi) is 8.13. The quantitative estimate of drug-likeness (QED) is 0.158. The van der Waals surface area contributed by atoms with Gasteiger partial charge in [0.15, 0.2) is 11.4 Å². The SMILES string of the molecule is c1ccc(-c2ccc(-c3cc(-c4ccc(-c5ccc6c(c5)nc(-c5cc7ccccc7c7ccccc57)c5oc7ccccc7c56)cc4)nc(-c4ccccc4)n3)cc2)cc1. The van der Waals surface area contributed by atoms with E-state index in [0.29, 0.717) is 5.82 Å². The molecular weight excluding hydrogens is 743 g/mol. The fourth-order valence-electron chi connectivity index (χ4n) is 8.86. The maximum absolute atomic E-state index is 6.70. The smallest absolute Gasteiger partial charge is 0.162 e. The van der Waals surface area contributed by atoms with Crippen molar-refractivity contribution in [3.8, 4) is 67.4 Å². The van der Waals surface area contributed by atoms with E-state index in [-0.39, 0.29) is 0 Å². The van der Waals surface area contributed by atoms with E-state index in [2.05, 4.69) is 176 Å². The zero-order valence-electron chi connectivity index (χ0n) is 33.0. The van der Waals surface area contributed by atoms with Crippen LogP contribution in [0.25, 0.3) is 122 Å². The summed E-state index contributed by atoms with van der Waals surface area (Å²) in [6.45, 7) is 0. The lowest BCUT2D eigenvalue weighted by atomic mass is 9.94. The van der Waals surface area contributed by atoms with E-state index >= 15 is 0 Å². The van der Waals surface area contributed by atoms with E-state index in [4.69, 9.17) is 19.4 Å². The van der Waals surface area contributed by atoms with Gasteiger partial charge in [0.25, 0.3) is 0 Å². The molecule has 0 fully saturated rings. The summed E-state index contributed by atoms with van der Waals surface area (Å²) in [5, 5.41) is 7.97. The largest absolute Gasteiger partial charge is 0.454 e. The van der Waals surface area contributed by atoms with Crippen LogP contribution in [0.2, 0.25) is 0 Å². The minimum atomic E-state index is 0.693. The predicted octanol–water partition coefficient (Wildman–Crippen LogP) is 15.2. The van der Waals surface area contributed by atoms with Crippen molar-refractivity contribution in [3.63, 3.8) is 0 Å². The van der Waals surface area contributed by atoms with Crippen LogP contribution in [0, 0.1) is 0 Å². The van der Waals surface area contributed by atoms with Gasteiger partial charge >= 0.3 is 0 Å². The molecule has 3 heterocycles. The Balaban J connectivity index is 0.972. The number of aromatic nitrogens is 3. The van der Waals surface area contributed by atoms with Crippen LogP contribution >= 0.6 is 0 Å². The Labute approximate surface area is 352 Å².